The summed E-state index contributed by atoms with van der Waals surface area (Å²) in [7, 11) is 4.16. The molecule has 2 aromatic rings. The van der Waals surface area contributed by atoms with Gasteiger partial charge in [-0.25, -0.2) is 0 Å². The topological polar surface area (TPSA) is 24.0 Å². The van der Waals surface area contributed by atoms with Crippen molar-refractivity contribution in [2.75, 3.05) is 20.6 Å². The average molecular weight is 261 g/mol. The van der Waals surface area contributed by atoms with Crippen LogP contribution in [0.4, 0.5) is 0 Å². The summed E-state index contributed by atoms with van der Waals surface area (Å²) in [5.41, 5.74) is 2.34. The molecule has 1 unspecified atom stereocenters. The highest BCUT2D eigenvalue weighted by Crippen LogP contribution is 2.23. The van der Waals surface area contributed by atoms with Crippen LogP contribution in [0.1, 0.15) is 13.0 Å². The van der Waals surface area contributed by atoms with Crippen molar-refractivity contribution in [2.24, 2.45) is 0 Å². The van der Waals surface area contributed by atoms with Crippen LogP contribution in [0, 0.1) is 4.77 Å². The molecule has 18 heavy (non-hydrogen) atoms. The Balaban J connectivity index is 2.42. The Morgan fingerprint density at radius 1 is 1.28 bits per heavy atom. The summed E-state index contributed by atoms with van der Waals surface area (Å²) in [6, 6.07) is 10.7. The molecule has 0 spiro atoms. The maximum atomic E-state index is 5.39. The summed E-state index contributed by atoms with van der Waals surface area (Å²) in [6.45, 7) is 3.15. The molecule has 1 heterocycles. The molecule has 0 fully saturated rings. The maximum absolute atomic E-state index is 5.39. The fourth-order valence-electron chi connectivity index (χ4n) is 2.26. The van der Waals surface area contributed by atoms with E-state index in [2.05, 4.69) is 47.6 Å². The number of aromatic nitrogens is 2. The Morgan fingerprint density at radius 3 is 2.56 bits per heavy atom. The van der Waals surface area contributed by atoms with Gasteiger partial charge in [0.2, 0.25) is 0 Å². The first-order valence-electron chi connectivity index (χ1n) is 6.09. The van der Waals surface area contributed by atoms with Gasteiger partial charge in [0.15, 0.2) is 4.77 Å². The lowest BCUT2D eigenvalue weighted by Gasteiger charge is -2.20. The fourth-order valence-corrected chi connectivity index (χ4v) is 2.59. The van der Waals surface area contributed by atoms with Gasteiger partial charge in [-0.2, -0.15) is 0 Å². The SMILES string of the molecule is CC(CN(C)C)n1c(-c2ccccc2)c[nH]c1=S. The maximum Gasteiger partial charge on any atom is 0.177 e. The molecule has 4 heteroatoms. The summed E-state index contributed by atoms with van der Waals surface area (Å²) in [5, 5.41) is 0. The number of nitrogens with zero attached hydrogens (tertiary/aromatic N) is 2. The molecule has 0 bridgehead atoms. The highest BCUT2D eigenvalue weighted by molar-refractivity contribution is 7.71. The van der Waals surface area contributed by atoms with Gasteiger partial charge in [-0.15, -0.1) is 0 Å². The Labute approximate surface area is 113 Å². The monoisotopic (exact) mass is 261 g/mol. The summed E-state index contributed by atoms with van der Waals surface area (Å²) in [6.07, 6.45) is 1.99. The molecule has 0 saturated heterocycles. The molecule has 2 rings (SSSR count). The number of hydrogen-bond donors (Lipinski definition) is 1. The van der Waals surface area contributed by atoms with Gasteiger partial charge in [0.1, 0.15) is 0 Å². The molecule has 1 atom stereocenters. The number of benzene rings is 1. The summed E-state index contributed by atoms with van der Waals surface area (Å²) in [4.78, 5) is 5.32. The van der Waals surface area contributed by atoms with Crippen molar-refractivity contribution in [1.82, 2.24) is 14.5 Å². The quantitative estimate of drug-likeness (QED) is 0.854. The van der Waals surface area contributed by atoms with Crippen LogP contribution in [0.2, 0.25) is 0 Å². The number of H-pyrrole nitrogens is 1. The zero-order valence-electron chi connectivity index (χ0n) is 11.1. The molecule has 96 valence electrons. The van der Waals surface area contributed by atoms with Crippen LogP contribution in [0.15, 0.2) is 36.5 Å². The largest absolute Gasteiger partial charge is 0.337 e. The van der Waals surface area contributed by atoms with Crippen LogP contribution < -0.4 is 0 Å². The van der Waals surface area contributed by atoms with Crippen molar-refractivity contribution in [2.45, 2.75) is 13.0 Å². The smallest absolute Gasteiger partial charge is 0.177 e. The van der Waals surface area contributed by atoms with Crippen molar-refractivity contribution in [3.63, 3.8) is 0 Å². The van der Waals surface area contributed by atoms with Crippen LogP contribution in [0.3, 0.4) is 0 Å². The van der Waals surface area contributed by atoms with Crippen LogP contribution in [-0.4, -0.2) is 35.1 Å². The number of likely N-dealkylation sites (N-methyl/N-ethyl adjacent to an activating group) is 1. The van der Waals surface area contributed by atoms with Gasteiger partial charge in [0.25, 0.3) is 0 Å². The van der Waals surface area contributed by atoms with Crippen molar-refractivity contribution in [3.05, 3.63) is 41.3 Å². The van der Waals surface area contributed by atoms with Crippen molar-refractivity contribution in [1.29, 1.82) is 0 Å². The van der Waals surface area contributed by atoms with Crippen molar-refractivity contribution in [3.8, 4) is 11.3 Å². The number of rotatable bonds is 4. The van der Waals surface area contributed by atoms with E-state index in [1.54, 1.807) is 0 Å². The second kappa shape index (κ2) is 5.50. The first-order chi connectivity index (χ1) is 8.59. The van der Waals surface area contributed by atoms with Gasteiger partial charge >= 0.3 is 0 Å². The summed E-state index contributed by atoms with van der Waals surface area (Å²) in [5.74, 6) is 0. The van der Waals surface area contributed by atoms with Gasteiger partial charge in [-0.05, 0) is 38.8 Å². The molecule has 3 nitrogen and oxygen atoms in total. The van der Waals surface area contributed by atoms with E-state index in [1.807, 2.05) is 24.4 Å². The van der Waals surface area contributed by atoms with E-state index in [1.165, 1.54) is 5.56 Å². The Hall–Kier alpha value is -1.39. The zero-order chi connectivity index (χ0) is 13.1. The first-order valence-corrected chi connectivity index (χ1v) is 6.50. The summed E-state index contributed by atoms with van der Waals surface area (Å²) >= 11 is 5.39. The molecular weight excluding hydrogens is 242 g/mol. The van der Waals surface area contributed by atoms with E-state index in [0.717, 1.165) is 17.0 Å². The Bertz CT molecular complexity index is 554. The van der Waals surface area contributed by atoms with Crippen LogP contribution in [-0.2, 0) is 0 Å². The van der Waals surface area contributed by atoms with E-state index in [-0.39, 0.29) is 0 Å². The van der Waals surface area contributed by atoms with Crippen LogP contribution >= 0.6 is 12.2 Å². The van der Waals surface area contributed by atoms with E-state index in [9.17, 15) is 0 Å². The second-order valence-electron chi connectivity index (χ2n) is 4.83. The van der Waals surface area contributed by atoms with Gasteiger partial charge in [-0.3, -0.25) is 0 Å². The molecule has 0 aliphatic carbocycles. The highest BCUT2D eigenvalue weighted by atomic mass is 32.1. The molecule has 1 aromatic heterocycles. The lowest BCUT2D eigenvalue weighted by molar-refractivity contribution is 0.337. The fraction of sp³-hybridized carbons (Fsp3) is 0.357. The number of imidazole rings is 1. The van der Waals surface area contributed by atoms with Gasteiger partial charge < -0.3 is 14.5 Å². The number of aromatic amines is 1. The standard InChI is InChI=1S/C14H19N3S/c1-11(10-16(2)3)17-13(9-15-14(17)18)12-7-5-4-6-8-12/h4-9,11H,10H2,1-3H3,(H,15,18). The minimum Gasteiger partial charge on any atom is -0.337 e. The predicted octanol–water partition coefficient (Wildman–Crippen LogP) is 3.34. The Kier molecular flexibility index (Phi) is 3.99. The third-order valence-electron chi connectivity index (χ3n) is 2.95. The third-order valence-corrected chi connectivity index (χ3v) is 3.26. The molecule has 1 N–H and O–H groups in total. The molecule has 0 aliphatic rings. The van der Waals surface area contributed by atoms with E-state index >= 15 is 0 Å². The number of hydrogen-bond acceptors (Lipinski definition) is 2. The third kappa shape index (κ3) is 2.71. The lowest BCUT2D eigenvalue weighted by atomic mass is 10.1. The molecule has 1 aromatic carbocycles. The molecule has 0 radical (unpaired) electrons. The average Bonchev–Trinajstić information content (AvgIpc) is 2.71. The molecule has 0 saturated carbocycles. The van der Waals surface area contributed by atoms with Gasteiger partial charge in [0.05, 0.1) is 5.69 Å². The lowest BCUT2D eigenvalue weighted by Crippen LogP contribution is -2.23. The minimum absolute atomic E-state index is 0.342. The minimum atomic E-state index is 0.342. The Morgan fingerprint density at radius 2 is 1.94 bits per heavy atom. The van der Waals surface area contributed by atoms with E-state index in [4.69, 9.17) is 12.2 Å². The van der Waals surface area contributed by atoms with E-state index < -0.39 is 0 Å². The first kappa shape index (κ1) is 13.1. The molecule has 0 aliphatic heterocycles. The van der Waals surface area contributed by atoms with Gasteiger partial charge in [0, 0.05) is 18.8 Å². The number of nitrogens with one attached hydrogen (secondary N) is 1. The van der Waals surface area contributed by atoms with Crippen molar-refractivity contribution >= 4 is 12.2 Å². The van der Waals surface area contributed by atoms with Crippen LogP contribution in [0.5, 0.6) is 0 Å². The second-order valence-corrected chi connectivity index (χ2v) is 5.21. The summed E-state index contributed by atoms with van der Waals surface area (Å²) < 4.78 is 2.97. The van der Waals surface area contributed by atoms with E-state index in [0.29, 0.717) is 6.04 Å². The molecule has 0 amide bonds. The normalized spacial score (nSPS) is 12.9. The van der Waals surface area contributed by atoms with Gasteiger partial charge in [-0.1, -0.05) is 30.3 Å². The van der Waals surface area contributed by atoms with Crippen molar-refractivity contribution < 1.29 is 0 Å². The van der Waals surface area contributed by atoms with Crippen LogP contribution in [0.25, 0.3) is 11.3 Å². The highest BCUT2D eigenvalue weighted by Gasteiger charge is 2.13. The molecular formula is C14H19N3S. The zero-order valence-corrected chi connectivity index (χ0v) is 11.9. The predicted molar refractivity (Wildman–Crippen MR) is 78.3 cm³/mol.